The molecule has 1 atom stereocenters. The highest BCUT2D eigenvalue weighted by atomic mass is 16.5. The maximum absolute atomic E-state index is 5.58. The Labute approximate surface area is 116 Å². The molecule has 0 spiro atoms. The lowest BCUT2D eigenvalue weighted by atomic mass is 10.1. The monoisotopic (exact) mass is 267 g/mol. The average molecular weight is 267 g/mol. The normalized spacial score (nSPS) is 19.5. The van der Waals surface area contributed by atoms with Crippen molar-refractivity contribution >= 4 is 5.96 Å². The first-order chi connectivity index (χ1) is 9.31. The summed E-state index contributed by atoms with van der Waals surface area (Å²) >= 11 is 0. The van der Waals surface area contributed by atoms with E-state index >= 15 is 0 Å². The number of hydrogen-bond donors (Lipinski definition) is 1. The predicted molar refractivity (Wildman–Crippen MR) is 77.2 cm³/mol. The Morgan fingerprint density at radius 1 is 1.53 bits per heavy atom. The van der Waals surface area contributed by atoms with Crippen molar-refractivity contribution in [1.82, 2.24) is 10.2 Å². The summed E-state index contributed by atoms with van der Waals surface area (Å²) in [5.41, 5.74) is 0. The summed E-state index contributed by atoms with van der Waals surface area (Å²) in [5.74, 6) is 4.02. The van der Waals surface area contributed by atoms with Crippen molar-refractivity contribution in [2.45, 2.75) is 13.3 Å². The minimum Gasteiger partial charge on any atom is -0.382 e. The quantitative estimate of drug-likeness (QED) is 0.317. The van der Waals surface area contributed by atoms with Crippen LogP contribution in [-0.4, -0.2) is 64.0 Å². The fraction of sp³-hybridized carbons (Fsp3) is 0.786. The number of aliphatic imine (C=N–C) groups is 1. The van der Waals surface area contributed by atoms with Gasteiger partial charge in [-0.2, -0.15) is 0 Å². The molecule has 1 aliphatic rings. The first-order valence-corrected chi connectivity index (χ1v) is 6.85. The predicted octanol–water partition coefficient (Wildman–Crippen LogP) is 0.570. The molecule has 1 rings (SSSR count). The molecular weight excluding hydrogens is 242 g/mol. The summed E-state index contributed by atoms with van der Waals surface area (Å²) in [6.45, 7) is 7.43. The number of ether oxygens (including phenoxy) is 2. The summed E-state index contributed by atoms with van der Waals surface area (Å²) in [7, 11) is 1.69. The summed E-state index contributed by atoms with van der Waals surface area (Å²) < 4.78 is 10.5. The highest BCUT2D eigenvalue weighted by Crippen LogP contribution is 2.16. The van der Waals surface area contributed by atoms with Gasteiger partial charge in [-0.1, -0.05) is 5.92 Å². The molecule has 19 heavy (non-hydrogen) atoms. The third kappa shape index (κ3) is 5.95. The molecule has 0 aromatic carbocycles. The topological polar surface area (TPSA) is 46.1 Å². The van der Waals surface area contributed by atoms with Crippen molar-refractivity contribution in [3.05, 3.63) is 0 Å². The van der Waals surface area contributed by atoms with E-state index in [1.807, 2.05) is 0 Å². The zero-order valence-electron chi connectivity index (χ0n) is 12.0. The third-order valence-corrected chi connectivity index (χ3v) is 3.03. The number of rotatable bonds is 7. The summed E-state index contributed by atoms with van der Waals surface area (Å²) in [5, 5.41) is 3.28. The molecule has 0 aromatic rings. The minimum atomic E-state index is 0.424. The third-order valence-electron chi connectivity index (χ3n) is 3.03. The SMILES string of the molecule is C#CCN=C(NCC)N1CCC(COCCOC)C1. The van der Waals surface area contributed by atoms with Crippen molar-refractivity contribution in [3.63, 3.8) is 0 Å². The number of hydrogen-bond acceptors (Lipinski definition) is 3. The van der Waals surface area contributed by atoms with Crippen LogP contribution in [0.2, 0.25) is 0 Å². The Morgan fingerprint density at radius 3 is 3.05 bits per heavy atom. The molecule has 0 aromatic heterocycles. The van der Waals surface area contributed by atoms with Gasteiger partial charge in [0.25, 0.3) is 0 Å². The van der Waals surface area contributed by atoms with E-state index in [1.54, 1.807) is 7.11 Å². The molecule has 1 fully saturated rings. The lowest BCUT2D eigenvalue weighted by Gasteiger charge is -2.21. The molecule has 108 valence electrons. The van der Waals surface area contributed by atoms with Crippen LogP contribution in [0.25, 0.3) is 0 Å². The van der Waals surface area contributed by atoms with Crippen LogP contribution in [0.1, 0.15) is 13.3 Å². The first kappa shape index (κ1) is 15.8. The molecule has 0 amide bonds. The van der Waals surface area contributed by atoms with Crippen LogP contribution in [0.5, 0.6) is 0 Å². The molecule has 1 unspecified atom stereocenters. The van der Waals surface area contributed by atoms with Crippen LogP contribution in [-0.2, 0) is 9.47 Å². The van der Waals surface area contributed by atoms with Crippen LogP contribution >= 0.6 is 0 Å². The maximum Gasteiger partial charge on any atom is 0.194 e. The van der Waals surface area contributed by atoms with Gasteiger partial charge < -0.3 is 19.7 Å². The van der Waals surface area contributed by atoms with E-state index < -0.39 is 0 Å². The Morgan fingerprint density at radius 2 is 2.37 bits per heavy atom. The average Bonchev–Trinajstić information content (AvgIpc) is 2.88. The molecule has 0 radical (unpaired) electrons. The van der Waals surface area contributed by atoms with E-state index in [4.69, 9.17) is 15.9 Å². The van der Waals surface area contributed by atoms with Gasteiger partial charge in [0.05, 0.1) is 19.8 Å². The molecular formula is C14H25N3O2. The fourth-order valence-corrected chi connectivity index (χ4v) is 2.10. The van der Waals surface area contributed by atoms with Crippen molar-refractivity contribution in [2.75, 3.05) is 53.1 Å². The van der Waals surface area contributed by atoms with E-state index in [0.717, 1.165) is 38.6 Å². The molecule has 1 heterocycles. The Hall–Kier alpha value is -1.25. The second kappa shape index (κ2) is 9.65. The van der Waals surface area contributed by atoms with Gasteiger partial charge in [0.15, 0.2) is 5.96 Å². The second-order valence-electron chi connectivity index (χ2n) is 4.54. The molecule has 1 saturated heterocycles. The van der Waals surface area contributed by atoms with Crippen LogP contribution in [0.3, 0.4) is 0 Å². The lowest BCUT2D eigenvalue weighted by Crippen LogP contribution is -2.40. The van der Waals surface area contributed by atoms with Crippen LogP contribution in [0.4, 0.5) is 0 Å². The van der Waals surface area contributed by atoms with Crippen LogP contribution < -0.4 is 5.32 Å². The van der Waals surface area contributed by atoms with Gasteiger partial charge >= 0.3 is 0 Å². The van der Waals surface area contributed by atoms with Crippen LogP contribution in [0, 0.1) is 18.3 Å². The van der Waals surface area contributed by atoms with Crippen molar-refractivity contribution < 1.29 is 9.47 Å². The Kier molecular flexibility index (Phi) is 8.03. The summed E-state index contributed by atoms with van der Waals surface area (Å²) in [6, 6.07) is 0. The smallest absolute Gasteiger partial charge is 0.194 e. The van der Waals surface area contributed by atoms with E-state index in [1.165, 1.54) is 0 Å². The molecule has 5 heteroatoms. The fourth-order valence-electron chi connectivity index (χ4n) is 2.10. The van der Waals surface area contributed by atoms with Gasteiger partial charge in [-0.3, -0.25) is 0 Å². The van der Waals surface area contributed by atoms with Crippen LogP contribution in [0.15, 0.2) is 4.99 Å². The molecule has 1 aliphatic heterocycles. The number of terminal acetylenes is 1. The highest BCUT2D eigenvalue weighted by Gasteiger charge is 2.24. The second-order valence-corrected chi connectivity index (χ2v) is 4.54. The molecule has 0 saturated carbocycles. The van der Waals surface area contributed by atoms with Gasteiger partial charge in [0.1, 0.15) is 6.54 Å². The van der Waals surface area contributed by atoms with Gasteiger partial charge in [-0.25, -0.2) is 4.99 Å². The highest BCUT2D eigenvalue weighted by molar-refractivity contribution is 5.80. The van der Waals surface area contributed by atoms with Gasteiger partial charge in [0, 0.05) is 32.7 Å². The number of likely N-dealkylation sites (tertiary alicyclic amines) is 1. The number of nitrogens with one attached hydrogen (secondary N) is 1. The summed E-state index contributed by atoms with van der Waals surface area (Å²) in [6.07, 6.45) is 6.39. The van der Waals surface area contributed by atoms with E-state index in [-0.39, 0.29) is 0 Å². The first-order valence-electron chi connectivity index (χ1n) is 6.85. The standard InChI is InChI=1S/C14H25N3O2/c1-4-7-16-14(15-5-2)17-8-6-13(11-17)12-19-10-9-18-3/h1,13H,5-12H2,2-3H3,(H,15,16). The largest absolute Gasteiger partial charge is 0.382 e. The molecule has 0 bridgehead atoms. The maximum atomic E-state index is 5.58. The summed E-state index contributed by atoms with van der Waals surface area (Å²) in [4.78, 5) is 6.65. The molecule has 1 N–H and O–H groups in total. The zero-order valence-corrected chi connectivity index (χ0v) is 12.0. The van der Waals surface area contributed by atoms with Gasteiger partial charge in [0.2, 0.25) is 0 Å². The van der Waals surface area contributed by atoms with Crippen molar-refractivity contribution in [3.8, 4) is 12.3 Å². The van der Waals surface area contributed by atoms with Crippen molar-refractivity contribution in [2.24, 2.45) is 10.9 Å². The zero-order chi connectivity index (χ0) is 13.9. The van der Waals surface area contributed by atoms with Crippen molar-refractivity contribution in [1.29, 1.82) is 0 Å². The van der Waals surface area contributed by atoms with Gasteiger partial charge in [-0.15, -0.1) is 6.42 Å². The molecule has 5 nitrogen and oxygen atoms in total. The Balaban J connectivity index is 2.34. The number of guanidine groups is 1. The number of methoxy groups -OCH3 is 1. The molecule has 0 aliphatic carbocycles. The number of nitrogens with zero attached hydrogens (tertiary/aromatic N) is 2. The van der Waals surface area contributed by atoms with Gasteiger partial charge in [-0.05, 0) is 13.3 Å². The Bertz CT molecular complexity index is 312. The lowest BCUT2D eigenvalue weighted by molar-refractivity contribution is 0.0536. The van der Waals surface area contributed by atoms with E-state index in [9.17, 15) is 0 Å². The van der Waals surface area contributed by atoms with E-state index in [2.05, 4.69) is 28.1 Å². The van der Waals surface area contributed by atoms with E-state index in [0.29, 0.717) is 25.7 Å². The minimum absolute atomic E-state index is 0.424.